The van der Waals surface area contributed by atoms with Crippen molar-refractivity contribution < 1.29 is 19.1 Å². The van der Waals surface area contributed by atoms with Crippen molar-refractivity contribution in [3.05, 3.63) is 0 Å². The van der Waals surface area contributed by atoms with Gasteiger partial charge in [0.15, 0.2) is 0 Å². The first-order valence-electron chi connectivity index (χ1n) is 6.29. The van der Waals surface area contributed by atoms with Crippen molar-refractivity contribution in [2.45, 2.75) is 37.3 Å². The Morgan fingerprint density at radius 3 is 2.79 bits per heavy atom. The number of ether oxygens (including phenoxy) is 2. The topological polar surface area (TPSA) is 90.7 Å². The number of amides is 1. The summed E-state index contributed by atoms with van der Waals surface area (Å²) in [6.07, 6.45) is 2.76. The smallest absolute Gasteiger partial charge is 0.322 e. The normalized spacial score (nSPS) is 26.4. The molecule has 2 saturated heterocycles. The van der Waals surface area contributed by atoms with E-state index in [4.69, 9.17) is 10.5 Å². The van der Waals surface area contributed by atoms with Gasteiger partial charge in [0.1, 0.15) is 6.04 Å². The van der Waals surface area contributed by atoms with Crippen LogP contribution in [-0.2, 0) is 19.1 Å². The fourth-order valence-electron chi connectivity index (χ4n) is 2.81. The highest BCUT2D eigenvalue weighted by Gasteiger charge is 2.45. The van der Waals surface area contributed by atoms with E-state index in [2.05, 4.69) is 10.1 Å². The highest BCUT2D eigenvalue weighted by Crippen LogP contribution is 2.35. The number of hydrogen-bond donors (Lipinski definition) is 2. The van der Waals surface area contributed by atoms with Crippen molar-refractivity contribution in [2.75, 3.05) is 20.3 Å². The molecular formula is C12H21ClN2O4. The van der Waals surface area contributed by atoms with Crippen molar-refractivity contribution in [2.24, 2.45) is 11.7 Å². The zero-order valence-corrected chi connectivity index (χ0v) is 11.8. The van der Waals surface area contributed by atoms with Crippen molar-refractivity contribution in [3.63, 3.8) is 0 Å². The number of methoxy groups -OCH3 is 1. The molecule has 2 atom stereocenters. The number of halogens is 1. The van der Waals surface area contributed by atoms with Crippen LogP contribution in [0.4, 0.5) is 0 Å². The molecule has 2 aliphatic heterocycles. The Bertz CT molecular complexity index is 345. The molecule has 7 heteroatoms. The third kappa shape index (κ3) is 3.58. The molecule has 0 aromatic rings. The zero-order chi connectivity index (χ0) is 13.2. The molecule has 2 aliphatic rings. The lowest BCUT2D eigenvalue weighted by Gasteiger charge is -2.33. The summed E-state index contributed by atoms with van der Waals surface area (Å²) < 4.78 is 9.89. The van der Waals surface area contributed by atoms with E-state index in [9.17, 15) is 9.59 Å². The minimum Gasteiger partial charge on any atom is -0.468 e. The number of nitrogens with two attached hydrogens (primary N) is 1. The predicted octanol–water partition coefficient (Wildman–Crippen LogP) is -0.0161. The van der Waals surface area contributed by atoms with Crippen LogP contribution in [0.5, 0.6) is 0 Å². The van der Waals surface area contributed by atoms with Crippen LogP contribution in [0.3, 0.4) is 0 Å². The lowest BCUT2D eigenvalue weighted by Crippen LogP contribution is -2.45. The maximum Gasteiger partial charge on any atom is 0.322 e. The molecule has 110 valence electrons. The monoisotopic (exact) mass is 292 g/mol. The minimum absolute atomic E-state index is 0. The van der Waals surface area contributed by atoms with Crippen LogP contribution in [0.25, 0.3) is 0 Å². The summed E-state index contributed by atoms with van der Waals surface area (Å²) in [7, 11) is 1.30. The minimum atomic E-state index is -0.722. The standard InChI is InChI=1S/C12H20N2O4.ClH/c1-17-11(16)9(13)6-8-7-12(14-10(8)15)2-4-18-5-3-12;/h8-9H,2-7,13H2,1H3,(H,14,15);1H/t8?,9-;/m0./s1. The highest BCUT2D eigenvalue weighted by atomic mass is 35.5. The summed E-state index contributed by atoms with van der Waals surface area (Å²) in [4.78, 5) is 23.2. The maximum atomic E-state index is 11.9. The molecule has 3 N–H and O–H groups in total. The molecule has 6 nitrogen and oxygen atoms in total. The molecule has 0 aromatic heterocycles. The Morgan fingerprint density at radius 1 is 1.58 bits per heavy atom. The van der Waals surface area contributed by atoms with E-state index in [0.29, 0.717) is 19.6 Å². The number of nitrogens with one attached hydrogen (secondary N) is 1. The average molecular weight is 293 g/mol. The Kier molecular flexibility index (Phi) is 5.58. The van der Waals surface area contributed by atoms with Crippen LogP contribution in [-0.4, -0.2) is 43.8 Å². The highest BCUT2D eigenvalue weighted by molar-refractivity contribution is 5.85. The first kappa shape index (κ1) is 16.2. The molecule has 0 aliphatic carbocycles. The van der Waals surface area contributed by atoms with Gasteiger partial charge in [0, 0.05) is 24.7 Å². The molecule has 1 unspecified atom stereocenters. The second-order valence-electron chi connectivity index (χ2n) is 5.15. The van der Waals surface area contributed by atoms with Crippen LogP contribution < -0.4 is 11.1 Å². The van der Waals surface area contributed by atoms with E-state index >= 15 is 0 Å². The van der Waals surface area contributed by atoms with Gasteiger partial charge >= 0.3 is 5.97 Å². The molecule has 0 radical (unpaired) electrons. The number of rotatable bonds is 3. The van der Waals surface area contributed by atoms with E-state index in [1.807, 2.05) is 0 Å². The molecule has 19 heavy (non-hydrogen) atoms. The maximum absolute atomic E-state index is 11.9. The van der Waals surface area contributed by atoms with E-state index in [1.165, 1.54) is 7.11 Å². The van der Waals surface area contributed by atoms with Crippen molar-refractivity contribution in [1.29, 1.82) is 0 Å². The summed E-state index contributed by atoms with van der Waals surface area (Å²) in [6, 6.07) is -0.722. The predicted molar refractivity (Wildman–Crippen MR) is 70.9 cm³/mol. The Hall–Kier alpha value is -0.850. The molecule has 1 amide bonds. The summed E-state index contributed by atoms with van der Waals surface area (Å²) in [5, 5.41) is 3.06. The Balaban J connectivity index is 0.00000180. The third-order valence-corrected chi connectivity index (χ3v) is 3.89. The second-order valence-corrected chi connectivity index (χ2v) is 5.15. The van der Waals surface area contributed by atoms with Crippen LogP contribution in [0, 0.1) is 5.92 Å². The number of hydrogen-bond acceptors (Lipinski definition) is 5. The number of carbonyl (C=O) groups is 2. The van der Waals surface area contributed by atoms with Crippen molar-refractivity contribution >= 4 is 24.3 Å². The van der Waals surface area contributed by atoms with Crippen molar-refractivity contribution in [3.8, 4) is 0 Å². The van der Waals surface area contributed by atoms with E-state index in [0.717, 1.165) is 19.3 Å². The number of esters is 1. The Morgan fingerprint density at radius 2 is 2.21 bits per heavy atom. The van der Waals surface area contributed by atoms with Gasteiger partial charge in [-0.15, -0.1) is 12.4 Å². The first-order valence-corrected chi connectivity index (χ1v) is 6.29. The molecule has 0 aromatic carbocycles. The third-order valence-electron chi connectivity index (χ3n) is 3.89. The summed E-state index contributed by atoms with van der Waals surface area (Å²) in [6.45, 7) is 1.35. The molecule has 2 heterocycles. The van der Waals surface area contributed by atoms with Gasteiger partial charge in [0.2, 0.25) is 5.91 Å². The molecule has 1 spiro atoms. The summed E-state index contributed by atoms with van der Waals surface area (Å²) >= 11 is 0. The zero-order valence-electron chi connectivity index (χ0n) is 11.0. The van der Waals surface area contributed by atoms with Crippen molar-refractivity contribution in [1.82, 2.24) is 5.32 Å². The van der Waals surface area contributed by atoms with Crippen LogP contribution in [0.2, 0.25) is 0 Å². The van der Waals surface area contributed by atoms with Gasteiger partial charge in [-0.3, -0.25) is 9.59 Å². The van der Waals surface area contributed by atoms with Gasteiger partial charge in [0.25, 0.3) is 0 Å². The second kappa shape index (κ2) is 6.54. The molecule has 2 rings (SSSR count). The lowest BCUT2D eigenvalue weighted by molar-refractivity contribution is -0.142. The lowest BCUT2D eigenvalue weighted by atomic mass is 9.84. The molecule has 0 saturated carbocycles. The van der Waals surface area contributed by atoms with Gasteiger partial charge in [0.05, 0.1) is 7.11 Å². The van der Waals surface area contributed by atoms with Crippen LogP contribution in [0.15, 0.2) is 0 Å². The fourth-order valence-corrected chi connectivity index (χ4v) is 2.81. The molecular weight excluding hydrogens is 272 g/mol. The SMILES string of the molecule is COC(=O)[C@@H](N)CC1CC2(CCOCC2)NC1=O.Cl. The quantitative estimate of drug-likeness (QED) is 0.714. The molecule has 2 fully saturated rings. The van der Waals surface area contributed by atoms with Gasteiger partial charge in [-0.1, -0.05) is 0 Å². The largest absolute Gasteiger partial charge is 0.468 e. The average Bonchev–Trinajstić information content (AvgIpc) is 2.65. The van der Waals surface area contributed by atoms with Gasteiger partial charge < -0.3 is 20.5 Å². The molecule has 0 bridgehead atoms. The fraction of sp³-hybridized carbons (Fsp3) is 0.833. The van der Waals surface area contributed by atoms with Gasteiger partial charge in [-0.25, -0.2) is 0 Å². The van der Waals surface area contributed by atoms with Gasteiger partial charge in [-0.2, -0.15) is 0 Å². The van der Waals surface area contributed by atoms with E-state index in [-0.39, 0.29) is 29.8 Å². The van der Waals surface area contributed by atoms with E-state index < -0.39 is 12.0 Å². The number of carbonyl (C=O) groups excluding carboxylic acids is 2. The van der Waals surface area contributed by atoms with Crippen LogP contribution in [0.1, 0.15) is 25.7 Å². The van der Waals surface area contributed by atoms with Gasteiger partial charge in [-0.05, 0) is 25.7 Å². The Labute approximate surface area is 118 Å². The van der Waals surface area contributed by atoms with Crippen LogP contribution >= 0.6 is 12.4 Å². The summed E-state index contributed by atoms with van der Waals surface area (Å²) in [5.74, 6) is -0.663. The first-order chi connectivity index (χ1) is 8.56. The van der Waals surface area contributed by atoms with E-state index in [1.54, 1.807) is 0 Å². The summed E-state index contributed by atoms with van der Waals surface area (Å²) in [5.41, 5.74) is 5.57.